The van der Waals surface area contributed by atoms with Gasteiger partial charge in [-0.1, -0.05) is 109 Å². The molecule has 270 valence electrons. The largest absolute Gasteiger partial charge is 0.292 e. The van der Waals surface area contributed by atoms with Gasteiger partial charge in [-0.25, -0.2) is 9.97 Å². The number of imidazole rings is 1. The van der Waals surface area contributed by atoms with Crippen LogP contribution in [0.2, 0.25) is 0 Å². The number of hydrogen-bond donors (Lipinski definition) is 0. The monoisotopic (exact) mass is 742 g/mol. The summed E-state index contributed by atoms with van der Waals surface area (Å²) in [5, 5.41) is 5.49. The lowest BCUT2D eigenvalue weighted by molar-refractivity contribution is 0.955. The average Bonchev–Trinajstić information content (AvgIpc) is 3.86. The molecule has 12 rings (SSSR count). The molecule has 0 aliphatic heterocycles. The zero-order valence-electron chi connectivity index (χ0n) is 30.9. The van der Waals surface area contributed by atoms with E-state index in [9.17, 15) is 0 Å². The first kappa shape index (κ1) is 32.2. The summed E-state index contributed by atoms with van der Waals surface area (Å²) in [4.78, 5) is 30.4. The minimum atomic E-state index is 0.518. The summed E-state index contributed by atoms with van der Waals surface area (Å²) >= 11 is 0. The summed E-state index contributed by atoms with van der Waals surface area (Å²) in [5.41, 5.74) is 11.4. The number of para-hydroxylation sites is 3. The van der Waals surface area contributed by atoms with E-state index < -0.39 is 0 Å². The molecule has 12 aromatic rings. The molecular weight excluding hydrogens is 713 g/mol. The molecule has 0 aliphatic carbocycles. The van der Waals surface area contributed by atoms with E-state index in [2.05, 4.69) is 134 Å². The van der Waals surface area contributed by atoms with Crippen molar-refractivity contribution in [3.05, 3.63) is 182 Å². The molecule has 0 saturated carbocycles. The van der Waals surface area contributed by atoms with E-state index in [0.717, 1.165) is 93.8 Å². The van der Waals surface area contributed by atoms with Gasteiger partial charge < -0.3 is 0 Å². The van der Waals surface area contributed by atoms with Crippen molar-refractivity contribution in [1.29, 1.82) is 0 Å². The molecule has 58 heavy (non-hydrogen) atoms. The van der Waals surface area contributed by atoms with Crippen molar-refractivity contribution in [1.82, 2.24) is 38.9 Å². The summed E-state index contributed by atoms with van der Waals surface area (Å²) in [6.07, 6.45) is 3.62. The molecule has 0 unspecified atom stereocenters. The predicted molar refractivity (Wildman–Crippen MR) is 233 cm³/mol. The Balaban J connectivity index is 1.20. The van der Waals surface area contributed by atoms with E-state index in [1.54, 1.807) is 0 Å². The standard InChI is InChI=1S/C50H30N8/c1-2-19-38-36(18-1)45-44(57-43-24-6-4-22-41(43)53-49(38)57)26-25-37-35-17-3-5-23-42(35)58(46(37)45)50-55-47(33-15-11-13-31(29-33)39-20-7-9-27-51-39)54-48(56-50)34-16-12-14-32(30-34)40-21-8-10-28-52-40/h1-30H. The Kier molecular flexibility index (Phi) is 7.06. The van der Waals surface area contributed by atoms with Gasteiger partial charge in [0.05, 0.1) is 39.0 Å². The zero-order valence-corrected chi connectivity index (χ0v) is 30.9. The normalized spacial score (nSPS) is 11.8. The van der Waals surface area contributed by atoms with Crippen LogP contribution in [-0.4, -0.2) is 38.9 Å². The van der Waals surface area contributed by atoms with Crippen LogP contribution in [0, 0.1) is 0 Å². The molecule has 0 amide bonds. The molecule has 0 aliphatic rings. The van der Waals surface area contributed by atoms with Crippen LogP contribution in [0.1, 0.15) is 0 Å². The lowest BCUT2D eigenvalue weighted by atomic mass is 10.0. The highest BCUT2D eigenvalue weighted by Crippen LogP contribution is 2.41. The molecule has 0 radical (unpaired) electrons. The quantitative estimate of drug-likeness (QED) is 0.163. The van der Waals surface area contributed by atoms with E-state index >= 15 is 0 Å². The number of nitrogens with zero attached hydrogens (tertiary/aromatic N) is 8. The van der Waals surface area contributed by atoms with Gasteiger partial charge in [0.25, 0.3) is 0 Å². The van der Waals surface area contributed by atoms with Gasteiger partial charge in [-0.2, -0.15) is 9.97 Å². The van der Waals surface area contributed by atoms with Crippen LogP contribution in [0.4, 0.5) is 0 Å². The molecule has 6 heterocycles. The third-order valence-corrected chi connectivity index (χ3v) is 11.0. The molecule has 0 saturated heterocycles. The molecule has 6 aromatic heterocycles. The summed E-state index contributed by atoms with van der Waals surface area (Å²) in [7, 11) is 0. The Hall–Kier alpha value is -8.10. The molecule has 0 spiro atoms. The first-order chi connectivity index (χ1) is 28.8. The molecule has 0 N–H and O–H groups in total. The second kappa shape index (κ2) is 12.7. The zero-order chi connectivity index (χ0) is 38.2. The summed E-state index contributed by atoms with van der Waals surface area (Å²) in [6, 6.07) is 58.3. The van der Waals surface area contributed by atoms with Crippen LogP contribution in [0.3, 0.4) is 0 Å². The first-order valence-corrected chi connectivity index (χ1v) is 19.2. The summed E-state index contributed by atoms with van der Waals surface area (Å²) in [6.45, 7) is 0. The Bertz CT molecular complexity index is 3470. The van der Waals surface area contributed by atoms with Gasteiger partial charge in [-0.05, 0) is 66.0 Å². The first-order valence-electron chi connectivity index (χ1n) is 19.2. The van der Waals surface area contributed by atoms with E-state index in [-0.39, 0.29) is 0 Å². The SMILES string of the molecule is c1ccc(-c2cccc(-c3nc(-c4cccc(-c5ccccn5)c4)nc(-n4c5ccccc5c5ccc6c(c7ccccc7c7nc8ccccc8n67)c54)n3)c2)nc1. The molecule has 8 heteroatoms. The maximum absolute atomic E-state index is 5.37. The fourth-order valence-corrected chi connectivity index (χ4v) is 8.48. The number of hydrogen-bond acceptors (Lipinski definition) is 6. The van der Waals surface area contributed by atoms with Crippen LogP contribution < -0.4 is 0 Å². The molecule has 8 nitrogen and oxygen atoms in total. The van der Waals surface area contributed by atoms with E-state index in [4.69, 9.17) is 19.9 Å². The lowest BCUT2D eigenvalue weighted by Gasteiger charge is -2.14. The van der Waals surface area contributed by atoms with Crippen LogP contribution in [-0.2, 0) is 0 Å². The van der Waals surface area contributed by atoms with Crippen LogP contribution in [0.15, 0.2) is 182 Å². The smallest absolute Gasteiger partial charge is 0.238 e. The van der Waals surface area contributed by atoms with Crippen LogP contribution in [0.5, 0.6) is 0 Å². The van der Waals surface area contributed by atoms with Gasteiger partial charge in [-0.15, -0.1) is 0 Å². The highest BCUT2D eigenvalue weighted by atomic mass is 15.2. The number of fused-ring (bicyclic) bond motifs is 12. The van der Waals surface area contributed by atoms with Crippen molar-refractivity contribution in [2.45, 2.75) is 0 Å². The Labute approximate surface area is 331 Å². The van der Waals surface area contributed by atoms with Gasteiger partial charge in [0.1, 0.15) is 5.65 Å². The number of pyridine rings is 3. The molecular formula is C50H30N8. The maximum Gasteiger partial charge on any atom is 0.238 e. The predicted octanol–water partition coefficient (Wildman–Crippen LogP) is 11.5. The fourth-order valence-electron chi connectivity index (χ4n) is 8.48. The van der Waals surface area contributed by atoms with E-state index in [1.165, 1.54) is 0 Å². The van der Waals surface area contributed by atoms with Gasteiger partial charge >= 0.3 is 0 Å². The second-order valence-corrected chi connectivity index (χ2v) is 14.4. The maximum atomic E-state index is 5.37. The Morgan fingerprint density at radius 1 is 0.379 bits per heavy atom. The van der Waals surface area contributed by atoms with Crippen LogP contribution in [0.25, 0.3) is 111 Å². The number of rotatable bonds is 5. The molecule has 0 bridgehead atoms. The van der Waals surface area contributed by atoms with Gasteiger partial charge in [0, 0.05) is 56.2 Å². The van der Waals surface area contributed by atoms with Gasteiger partial charge in [-0.3, -0.25) is 18.9 Å². The Morgan fingerprint density at radius 3 is 1.64 bits per heavy atom. The van der Waals surface area contributed by atoms with Crippen LogP contribution >= 0.6 is 0 Å². The second-order valence-electron chi connectivity index (χ2n) is 14.4. The van der Waals surface area contributed by atoms with Crippen molar-refractivity contribution >= 4 is 60.2 Å². The molecule has 6 aromatic carbocycles. The van der Waals surface area contributed by atoms with E-state index in [1.807, 2.05) is 67.0 Å². The average molecular weight is 743 g/mol. The highest BCUT2D eigenvalue weighted by Gasteiger charge is 2.23. The topological polar surface area (TPSA) is 86.7 Å². The minimum absolute atomic E-state index is 0.518. The number of benzene rings is 6. The number of aromatic nitrogens is 8. The van der Waals surface area contributed by atoms with E-state index in [0.29, 0.717) is 17.6 Å². The van der Waals surface area contributed by atoms with Gasteiger partial charge in [0.15, 0.2) is 11.6 Å². The molecule has 0 fully saturated rings. The fraction of sp³-hybridized carbons (Fsp3) is 0. The van der Waals surface area contributed by atoms with Crippen molar-refractivity contribution in [2.75, 3.05) is 0 Å². The van der Waals surface area contributed by atoms with Crippen molar-refractivity contribution in [3.8, 4) is 51.2 Å². The van der Waals surface area contributed by atoms with Crippen molar-refractivity contribution < 1.29 is 0 Å². The Morgan fingerprint density at radius 2 is 0.966 bits per heavy atom. The highest BCUT2D eigenvalue weighted by molar-refractivity contribution is 6.27. The van der Waals surface area contributed by atoms with Gasteiger partial charge in [0.2, 0.25) is 5.95 Å². The summed E-state index contributed by atoms with van der Waals surface area (Å²) in [5.74, 6) is 1.63. The third-order valence-electron chi connectivity index (χ3n) is 11.0. The van der Waals surface area contributed by atoms with Crippen molar-refractivity contribution in [3.63, 3.8) is 0 Å². The third kappa shape index (κ3) is 4.95. The lowest BCUT2D eigenvalue weighted by Crippen LogP contribution is -2.07. The van der Waals surface area contributed by atoms with Crippen molar-refractivity contribution in [2.24, 2.45) is 0 Å². The molecule has 0 atom stereocenters. The summed E-state index contributed by atoms with van der Waals surface area (Å²) < 4.78 is 4.52. The minimum Gasteiger partial charge on any atom is -0.292 e.